The molecule has 2 atom stereocenters. The number of likely N-dealkylation sites (tertiary alicyclic amines) is 1. The van der Waals surface area contributed by atoms with Crippen molar-refractivity contribution in [1.82, 2.24) is 15.0 Å². The van der Waals surface area contributed by atoms with Crippen molar-refractivity contribution >= 4 is 5.91 Å². The van der Waals surface area contributed by atoms with Crippen molar-refractivity contribution in [3.05, 3.63) is 47.1 Å². The molecule has 0 radical (unpaired) electrons. The number of hydrogen-bond acceptors (Lipinski definition) is 4. The third kappa shape index (κ3) is 2.83. The number of rotatable bonds is 2. The molecule has 0 bridgehead atoms. The van der Waals surface area contributed by atoms with Crippen LogP contribution in [0.2, 0.25) is 0 Å². The first kappa shape index (κ1) is 15.4. The molecule has 5 heteroatoms. The van der Waals surface area contributed by atoms with Gasteiger partial charge in [-0.3, -0.25) is 4.79 Å². The van der Waals surface area contributed by atoms with Crippen LogP contribution in [0.15, 0.2) is 28.8 Å². The van der Waals surface area contributed by atoms with Crippen LogP contribution in [0.5, 0.6) is 0 Å². The van der Waals surface area contributed by atoms with Crippen LogP contribution in [0.4, 0.5) is 0 Å². The highest BCUT2D eigenvalue weighted by atomic mass is 16.5. The molecular formula is C19H23N3O2. The van der Waals surface area contributed by atoms with Crippen molar-refractivity contribution < 1.29 is 9.32 Å². The molecule has 2 heterocycles. The highest BCUT2D eigenvalue weighted by Gasteiger charge is 2.33. The van der Waals surface area contributed by atoms with Crippen LogP contribution < -0.4 is 0 Å². The van der Waals surface area contributed by atoms with E-state index in [9.17, 15) is 4.79 Å². The van der Waals surface area contributed by atoms with Gasteiger partial charge in [0.1, 0.15) is 0 Å². The lowest BCUT2D eigenvalue weighted by atomic mass is 9.81. The largest absolute Gasteiger partial charge is 0.341 e. The van der Waals surface area contributed by atoms with Gasteiger partial charge in [0.25, 0.3) is 0 Å². The van der Waals surface area contributed by atoms with Crippen molar-refractivity contribution in [1.29, 1.82) is 0 Å². The summed E-state index contributed by atoms with van der Waals surface area (Å²) in [5.41, 5.74) is 2.57. The van der Waals surface area contributed by atoms with E-state index in [0.29, 0.717) is 12.4 Å². The predicted molar refractivity (Wildman–Crippen MR) is 89.7 cm³/mol. The number of aryl methyl sites for hydroxylation is 2. The minimum Gasteiger partial charge on any atom is -0.341 e. The quantitative estimate of drug-likeness (QED) is 0.851. The van der Waals surface area contributed by atoms with E-state index in [4.69, 9.17) is 4.52 Å². The van der Waals surface area contributed by atoms with Crippen molar-refractivity contribution in [3.63, 3.8) is 0 Å². The molecular weight excluding hydrogens is 302 g/mol. The van der Waals surface area contributed by atoms with Gasteiger partial charge in [0, 0.05) is 25.9 Å². The SMILES string of the molecule is Cc1nc([C@@H]2CCCN(C(=O)[C@H]3CCCc4ccccc43)C2)no1. The van der Waals surface area contributed by atoms with E-state index in [2.05, 4.69) is 28.3 Å². The zero-order valence-corrected chi connectivity index (χ0v) is 14.1. The second kappa shape index (κ2) is 6.38. The Balaban J connectivity index is 1.52. The Morgan fingerprint density at radius 1 is 1.25 bits per heavy atom. The minimum atomic E-state index is 0.0145. The lowest BCUT2D eigenvalue weighted by Crippen LogP contribution is -2.42. The standard InChI is InChI=1S/C19H23N3O2/c1-13-20-18(21-24-13)15-8-5-11-22(12-15)19(23)17-10-4-7-14-6-2-3-9-16(14)17/h2-3,6,9,15,17H,4-5,7-8,10-12H2,1H3/t15-,17+/m1/s1. The Kier molecular flexibility index (Phi) is 4.08. The number of benzene rings is 1. The summed E-state index contributed by atoms with van der Waals surface area (Å²) in [6.07, 6.45) is 5.15. The van der Waals surface area contributed by atoms with Gasteiger partial charge in [-0.05, 0) is 43.2 Å². The van der Waals surface area contributed by atoms with E-state index in [1.807, 2.05) is 11.0 Å². The number of aromatic nitrogens is 2. The van der Waals surface area contributed by atoms with E-state index in [1.165, 1.54) is 11.1 Å². The smallest absolute Gasteiger partial charge is 0.230 e. The van der Waals surface area contributed by atoms with Crippen LogP contribution in [0.1, 0.15) is 60.4 Å². The highest BCUT2D eigenvalue weighted by Crippen LogP contribution is 2.34. The maximum atomic E-state index is 13.2. The summed E-state index contributed by atoms with van der Waals surface area (Å²) in [7, 11) is 0. The third-order valence-corrected chi connectivity index (χ3v) is 5.31. The zero-order chi connectivity index (χ0) is 16.5. The Morgan fingerprint density at radius 3 is 2.96 bits per heavy atom. The lowest BCUT2D eigenvalue weighted by molar-refractivity contribution is -0.134. The van der Waals surface area contributed by atoms with E-state index < -0.39 is 0 Å². The molecule has 1 aromatic heterocycles. The summed E-state index contributed by atoms with van der Waals surface area (Å²) in [4.78, 5) is 19.5. The summed E-state index contributed by atoms with van der Waals surface area (Å²) in [5, 5.41) is 4.06. The topological polar surface area (TPSA) is 59.2 Å². The van der Waals surface area contributed by atoms with E-state index in [1.54, 1.807) is 6.92 Å². The fourth-order valence-electron chi connectivity index (χ4n) is 4.10. The van der Waals surface area contributed by atoms with Gasteiger partial charge in [-0.1, -0.05) is 29.4 Å². The van der Waals surface area contributed by atoms with Crippen LogP contribution in [-0.4, -0.2) is 34.0 Å². The number of carbonyl (C=O) groups is 1. The summed E-state index contributed by atoms with van der Waals surface area (Å²) in [6, 6.07) is 8.41. The zero-order valence-electron chi connectivity index (χ0n) is 14.1. The highest BCUT2D eigenvalue weighted by molar-refractivity contribution is 5.84. The minimum absolute atomic E-state index is 0.0145. The summed E-state index contributed by atoms with van der Waals surface area (Å²) >= 11 is 0. The summed E-state index contributed by atoms with van der Waals surface area (Å²) in [5.74, 6) is 1.82. The molecule has 5 nitrogen and oxygen atoms in total. The first-order chi connectivity index (χ1) is 11.7. The Bertz CT molecular complexity index is 740. The average molecular weight is 325 g/mol. The van der Waals surface area contributed by atoms with Crippen LogP contribution in [0.25, 0.3) is 0 Å². The van der Waals surface area contributed by atoms with Crippen molar-refractivity contribution in [2.45, 2.75) is 50.9 Å². The van der Waals surface area contributed by atoms with Crippen LogP contribution >= 0.6 is 0 Å². The Labute approximate surface area is 142 Å². The molecule has 1 aromatic carbocycles. The van der Waals surface area contributed by atoms with Gasteiger partial charge in [-0.25, -0.2) is 0 Å². The van der Waals surface area contributed by atoms with Gasteiger partial charge in [0.15, 0.2) is 5.82 Å². The number of amides is 1. The van der Waals surface area contributed by atoms with E-state index >= 15 is 0 Å². The maximum absolute atomic E-state index is 13.2. The average Bonchev–Trinajstić information content (AvgIpc) is 3.07. The van der Waals surface area contributed by atoms with Gasteiger partial charge in [0.2, 0.25) is 11.8 Å². The number of nitrogens with zero attached hydrogens (tertiary/aromatic N) is 3. The molecule has 24 heavy (non-hydrogen) atoms. The fraction of sp³-hybridized carbons (Fsp3) is 0.526. The molecule has 1 aliphatic heterocycles. The number of fused-ring (bicyclic) bond motifs is 1. The monoisotopic (exact) mass is 325 g/mol. The Morgan fingerprint density at radius 2 is 2.12 bits per heavy atom. The number of carbonyl (C=O) groups excluding carboxylic acids is 1. The van der Waals surface area contributed by atoms with Gasteiger partial charge in [-0.2, -0.15) is 4.98 Å². The van der Waals surface area contributed by atoms with Crippen LogP contribution in [0.3, 0.4) is 0 Å². The lowest BCUT2D eigenvalue weighted by Gasteiger charge is -2.35. The normalized spacial score (nSPS) is 23.8. The van der Waals surface area contributed by atoms with Crippen molar-refractivity contribution in [3.8, 4) is 0 Å². The molecule has 1 saturated heterocycles. The van der Waals surface area contributed by atoms with E-state index in [0.717, 1.165) is 44.5 Å². The van der Waals surface area contributed by atoms with Gasteiger partial charge < -0.3 is 9.42 Å². The summed E-state index contributed by atoms with van der Waals surface area (Å²) in [6.45, 7) is 3.35. The molecule has 2 aromatic rings. The molecule has 1 fully saturated rings. The van der Waals surface area contributed by atoms with Crippen molar-refractivity contribution in [2.24, 2.45) is 0 Å². The van der Waals surface area contributed by atoms with Gasteiger partial charge in [-0.15, -0.1) is 0 Å². The van der Waals surface area contributed by atoms with E-state index in [-0.39, 0.29) is 17.7 Å². The molecule has 2 aliphatic rings. The second-order valence-corrected chi connectivity index (χ2v) is 6.94. The molecule has 0 unspecified atom stereocenters. The van der Waals surface area contributed by atoms with Crippen LogP contribution in [0, 0.1) is 6.92 Å². The van der Waals surface area contributed by atoms with Crippen LogP contribution in [-0.2, 0) is 11.2 Å². The predicted octanol–water partition coefficient (Wildman–Crippen LogP) is 3.20. The maximum Gasteiger partial charge on any atom is 0.230 e. The molecule has 1 amide bonds. The molecule has 4 rings (SSSR count). The van der Waals surface area contributed by atoms with Gasteiger partial charge >= 0.3 is 0 Å². The molecule has 126 valence electrons. The molecule has 0 spiro atoms. The molecule has 0 saturated carbocycles. The van der Waals surface area contributed by atoms with Gasteiger partial charge in [0.05, 0.1) is 5.92 Å². The third-order valence-electron chi connectivity index (χ3n) is 5.31. The first-order valence-electron chi connectivity index (χ1n) is 8.89. The molecule has 0 N–H and O–H groups in total. The second-order valence-electron chi connectivity index (χ2n) is 6.94. The molecule has 1 aliphatic carbocycles. The van der Waals surface area contributed by atoms with Crippen molar-refractivity contribution in [2.75, 3.05) is 13.1 Å². The first-order valence-corrected chi connectivity index (χ1v) is 8.89. The fourth-order valence-corrected chi connectivity index (χ4v) is 4.10. The summed E-state index contributed by atoms with van der Waals surface area (Å²) < 4.78 is 5.11. The number of hydrogen-bond donors (Lipinski definition) is 0. The Hall–Kier alpha value is -2.17. The number of piperidine rings is 1.